The van der Waals surface area contributed by atoms with Crippen LogP contribution in [0.4, 0.5) is 16.2 Å². The van der Waals surface area contributed by atoms with E-state index in [1.807, 2.05) is 74.1 Å². The van der Waals surface area contributed by atoms with Gasteiger partial charge in [-0.15, -0.1) is 0 Å². The predicted octanol–water partition coefficient (Wildman–Crippen LogP) is 4.40. The number of aryl methyl sites for hydroxylation is 1. The van der Waals surface area contributed by atoms with Gasteiger partial charge in [0.15, 0.2) is 0 Å². The van der Waals surface area contributed by atoms with Gasteiger partial charge in [0.05, 0.1) is 11.5 Å². The number of nitrogens with one attached hydrogen (secondary N) is 1. The van der Waals surface area contributed by atoms with E-state index in [2.05, 4.69) is 5.32 Å². The van der Waals surface area contributed by atoms with Gasteiger partial charge in [0, 0.05) is 49.3 Å². The number of anilines is 1. The van der Waals surface area contributed by atoms with Gasteiger partial charge >= 0.3 is 6.03 Å². The average molecular weight is 464 g/mol. The van der Waals surface area contributed by atoms with Crippen LogP contribution in [0.2, 0.25) is 0 Å². The number of rotatable bonds is 9. The van der Waals surface area contributed by atoms with Gasteiger partial charge in [-0.25, -0.2) is 4.79 Å². The standard InChI is InChI=1S/C25H29N5O4/c1-19(2)29(25(32)26-21-11-13-22(14-12-21)30(33)34)18-24(31)28(16-20-8-5-4-6-9-20)17-23-10-7-15-27(23)3/h4-15,19H,16-18H2,1-3H3,(H,26,32). The van der Waals surface area contributed by atoms with Crippen molar-refractivity contribution in [2.45, 2.75) is 33.0 Å². The molecular formula is C25H29N5O4. The monoisotopic (exact) mass is 463 g/mol. The minimum atomic E-state index is -0.501. The molecule has 0 bridgehead atoms. The van der Waals surface area contributed by atoms with Crippen molar-refractivity contribution < 1.29 is 14.5 Å². The number of hydrogen-bond acceptors (Lipinski definition) is 4. The number of nitro groups is 1. The second kappa shape index (κ2) is 11.1. The van der Waals surface area contributed by atoms with Crippen molar-refractivity contribution in [3.05, 3.63) is 94.3 Å². The van der Waals surface area contributed by atoms with Crippen molar-refractivity contribution in [2.24, 2.45) is 7.05 Å². The normalized spacial score (nSPS) is 10.7. The summed E-state index contributed by atoms with van der Waals surface area (Å²) in [6.07, 6.45) is 1.93. The van der Waals surface area contributed by atoms with Crippen LogP contribution in [-0.2, 0) is 24.9 Å². The first-order valence-electron chi connectivity index (χ1n) is 11.0. The Morgan fingerprint density at radius 1 is 1.00 bits per heavy atom. The van der Waals surface area contributed by atoms with E-state index in [0.29, 0.717) is 18.8 Å². The molecule has 2 aromatic carbocycles. The van der Waals surface area contributed by atoms with Crippen molar-refractivity contribution in [1.82, 2.24) is 14.4 Å². The smallest absolute Gasteiger partial charge is 0.322 e. The topological polar surface area (TPSA) is 101 Å². The molecule has 0 fully saturated rings. The first kappa shape index (κ1) is 24.5. The number of amides is 3. The Hall–Kier alpha value is -4.14. The molecule has 0 aliphatic carbocycles. The van der Waals surface area contributed by atoms with Crippen LogP contribution in [0.1, 0.15) is 25.1 Å². The molecule has 0 atom stereocenters. The van der Waals surface area contributed by atoms with Crippen LogP contribution < -0.4 is 5.32 Å². The summed E-state index contributed by atoms with van der Waals surface area (Å²) in [6, 6.07) is 18.5. The van der Waals surface area contributed by atoms with Crippen molar-refractivity contribution in [1.29, 1.82) is 0 Å². The zero-order valence-corrected chi connectivity index (χ0v) is 19.5. The summed E-state index contributed by atoms with van der Waals surface area (Å²) < 4.78 is 1.97. The van der Waals surface area contributed by atoms with Gasteiger partial charge in [-0.1, -0.05) is 30.3 Å². The number of nitrogens with zero attached hydrogens (tertiary/aromatic N) is 4. The summed E-state index contributed by atoms with van der Waals surface area (Å²) in [5, 5.41) is 13.6. The number of carbonyl (C=O) groups is 2. The third-order valence-corrected chi connectivity index (χ3v) is 5.49. The zero-order valence-electron chi connectivity index (χ0n) is 19.5. The molecule has 1 heterocycles. The molecule has 9 nitrogen and oxygen atoms in total. The Morgan fingerprint density at radius 3 is 2.24 bits per heavy atom. The zero-order chi connectivity index (χ0) is 24.7. The number of non-ortho nitro benzene ring substituents is 1. The molecule has 0 aliphatic rings. The highest BCUT2D eigenvalue weighted by Crippen LogP contribution is 2.17. The van der Waals surface area contributed by atoms with Crippen molar-refractivity contribution in [3.8, 4) is 0 Å². The van der Waals surface area contributed by atoms with E-state index in [-0.39, 0.29) is 24.2 Å². The first-order valence-corrected chi connectivity index (χ1v) is 11.0. The van der Waals surface area contributed by atoms with Gasteiger partial charge < -0.3 is 19.7 Å². The quantitative estimate of drug-likeness (QED) is 0.375. The fourth-order valence-corrected chi connectivity index (χ4v) is 3.49. The van der Waals surface area contributed by atoms with E-state index in [4.69, 9.17) is 0 Å². The summed E-state index contributed by atoms with van der Waals surface area (Å²) in [5.41, 5.74) is 2.33. The second-order valence-electron chi connectivity index (χ2n) is 8.30. The Bertz CT molecular complexity index is 1130. The number of aromatic nitrogens is 1. The van der Waals surface area contributed by atoms with E-state index in [1.54, 1.807) is 4.90 Å². The lowest BCUT2D eigenvalue weighted by atomic mass is 10.2. The molecule has 178 valence electrons. The molecule has 9 heteroatoms. The summed E-state index contributed by atoms with van der Waals surface area (Å²) >= 11 is 0. The third-order valence-electron chi connectivity index (χ3n) is 5.49. The van der Waals surface area contributed by atoms with Gasteiger partial charge in [0.2, 0.25) is 5.91 Å². The largest absolute Gasteiger partial charge is 0.353 e. The highest BCUT2D eigenvalue weighted by atomic mass is 16.6. The molecule has 0 saturated carbocycles. The van der Waals surface area contributed by atoms with Gasteiger partial charge in [0.25, 0.3) is 5.69 Å². The highest BCUT2D eigenvalue weighted by Gasteiger charge is 2.24. The molecule has 0 unspecified atom stereocenters. The second-order valence-corrected chi connectivity index (χ2v) is 8.30. The molecular weight excluding hydrogens is 434 g/mol. The maximum absolute atomic E-state index is 13.4. The average Bonchev–Trinajstić information content (AvgIpc) is 3.21. The van der Waals surface area contributed by atoms with E-state index in [9.17, 15) is 19.7 Å². The molecule has 34 heavy (non-hydrogen) atoms. The lowest BCUT2D eigenvalue weighted by Crippen LogP contribution is -2.47. The summed E-state index contributed by atoms with van der Waals surface area (Å²) in [7, 11) is 1.93. The lowest BCUT2D eigenvalue weighted by Gasteiger charge is -2.30. The first-order chi connectivity index (χ1) is 16.2. The molecule has 0 saturated heterocycles. The van der Waals surface area contributed by atoms with E-state index in [1.165, 1.54) is 29.2 Å². The molecule has 3 amide bonds. The molecule has 0 radical (unpaired) electrons. The van der Waals surface area contributed by atoms with Gasteiger partial charge in [-0.2, -0.15) is 0 Å². The Balaban J connectivity index is 1.74. The van der Waals surface area contributed by atoms with Crippen LogP contribution in [-0.4, -0.2) is 43.8 Å². The Labute approximate surface area is 198 Å². The van der Waals surface area contributed by atoms with Crippen LogP contribution in [0.25, 0.3) is 0 Å². The molecule has 0 aliphatic heterocycles. The fraction of sp³-hybridized carbons (Fsp3) is 0.280. The molecule has 0 spiro atoms. The van der Waals surface area contributed by atoms with Crippen LogP contribution in [0, 0.1) is 10.1 Å². The number of nitro benzene ring substituents is 1. The number of urea groups is 1. The van der Waals surface area contributed by atoms with Crippen LogP contribution in [0.3, 0.4) is 0 Å². The predicted molar refractivity (Wildman–Crippen MR) is 130 cm³/mol. The van der Waals surface area contributed by atoms with E-state index in [0.717, 1.165) is 11.3 Å². The maximum Gasteiger partial charge on any atom is 0.322 e. The van der Waals surface area contributed by atoms with Crippen molar-refractivity contribution in [2.75, 3.05) is 11.9 Å². The maximum atomic E-state index is 13.4. The fourth-order valence-electron chi connectivity index (χ4n) is 3.49. The van der Waals surface area contributed by atoms with E-state index < -0.39 is 11.0 Å². The van der Waals surface area contributed by atoms with Gasteiger partial charge in [-0.3, -0.25) is 14.9 Å². The van der Waals surface area contributed by atoms with Crippen LogP contribution in [0.5, 0.6) is 0 Å². The molecule has 3 rings (SSSR count). The third kappa shape index (κ3) is 6.44. The van der Waals surface area contributed by atoms with Gasteiger partial charge in [0.1, 0.15) is 6.54 Å². The minimum Gasteiger partial charge on any atom is -0.353 e. The van der Waals surface area contributed by atoms with Crippen LogP contribution >= 0.6 is 0 Å². The molecule has 1 N–H and O–H groups in total. The highest BCUT2D eigenvalue weighted by molar-refractivity contribution is 5.92. The Kier molecular flexibility index (Phi) is 8.02. The molecule has 3 aromatic rings. The van der Waals surface area contributed by atoms with Crippen molar-refractivity contribution >= 4 is 23.3 Å². The SMILES string of the molecule is CC(C)N(CC(=O)N(Cc1ccccc1)Cc1cccn1C)C(=O)Nc1ccc([N+](=O)[O-])cc1. The minimum absolute atomic E-state index is 0.0638. The number of benzene rings is 2. The summed E-state index contributed by atoms with van der Waals surface area (Å²) in [5.74, 6) is -0.183. The lowest BCUT2D eigenvalue weighted by molar-refractivity contribution is -0.384. The number of carbonyl (C=O) groups excluding carboxylic acids is 2. The Morgan fingerprint density at radius 2 is 1.68 bits per heavy atom. The number of hydrogen-bond donors (Lipinski definition) is 1. The van der Waals surface area contributed by atoms with Crippen LogP contribution in [0.15, 0.2) is 72.9 Å². The van der Waals surface area contributed by atoms with Crippen molar-refractivity contribution in [3.63, 3.8) is 0 Å². The summed E-state index contributed by atoms with van der Waals surface area (Å²) in [6.45, 7) is 4.39. The van der Waals surface area contributed by atoms with Gasteiger partial charge in [-0.05, 0) is 43.7 Å². The van der Waals surface area contributed by atoms with E-state index >= 15 is 0 Å². The summed E-state index contributed by atoms with van der Waals surface area (Å²) in [4.78, 5) is 39.9. The molecule has 1 aromatic heterocycles.